The smallest absolute Gasteiger partial charge is 0.166 e. The van der Waals surface area contributed by atoms with Gasteiger partial charge in [-0.1, -0.05) is 20.3 Å². The van der Waals surface area contributed by atoms with Crippen molar-refractivity contribution < 1.29 is 0 Å². The minimum absolute atomic E-state index is 0.769. The van der Waals surface area contributed by atoms with Gasteiger partial charge in [0, 0.05) is 19.6 Å². The molecule has 0 aromatic heterocycles. The van der Waals surface area contributed by atoms with Crippen molar-refractivity contribution in [2.45, 2.75) is 33.1 Å². The Morgan fingerprint density at radius 3 is 2.81 bits per heavy atom. The Hall–Kier alpha value is -0.350. The van der Waals surface area contributed by atoms with Crippen LogP contribution in [0.3, 0.4) is 0 Å². The summed E-state index contributed by atoms with van der Waals surface area (Å²) < 4.78 is 0. The molecule has 0 saturated carbocycles. The predicted octanol–water partition coefficient (Wildman–Crippen LogP) is 1.59. The van der Waals surface area contributed by atoms with E-state index in [0.29, 0.717) is 0 Å². The van der Waals surface area contributed by atoms with Crippen LogP contribution in [0.25, 0.3) is 0 Å². The second-order valence-corrected chi connectivity index (χ2v) is 4.95. The van der Waals surface area contributed by atoms with Crippen LogP contribution in [0, 0.1) is 5.92 Å². The Labute approximate surface area is 105 Å². The SMILES string of the molecule is CCCCNC(=S)NCC1CCN(CC)C1. The van der Waals surface area contributed by atoms with E-state index >= 15 is 0 Å². The van der Waals surface area contributed by atoms with Gasteiger partial charge in [0.25, 0.3) is 0 Å². The number of unbranched alkanes of at least 4 members (excludes halogenated alkanes) is 1. The first-order valence-electron chi connectivity index (χ1n) is 6.50. The highest BCUT2D eigenvalue weighted by Gasteiger charge is 2.20. The molecule has 1 unspecified atom stereocenters. The van der Waals surface area contributed by atoms with Crippen LogP contribution in [0.2, 0.25) is 0 Å². The number of hydrogen-bond donors (Lipinski definition) is 2. The fourth-order valence-corrected chi connectivity index (χ4v) is 2.23. The molecule has 4 heteroatoms. The van der Waals surface area contributed by atoms with Crippen molar-refractivity contribution >= 4 is 17.3 Å². The van der Waals surface area contributed by atoms with Crippen molar-refractivity contribution in [3.8, 4) is 0 Å². The van der Waals surface area contributed by atoms with Crippen LogP contribution in [-0.2, 0) is 0 Å². The average Bonchev–Trinajstić information content (AvgIpc) is 2.74. The van der Waals surface area contributed by atoms with Gasteiger partial charge >= 0.3 is 0 Å². The zero-order valence-corrected chi connectivity index (χ0v) is 11.4. The normalized spacial score (nSPS) is 21.0. The van der Waals surface area contributed by atoms with E-state index in [4.69, 9.17) is 12.2 Å². The summed E-state index contributed by atoms with van der Waals surface area (Å²) in [6.07, 6.45) is 3.71. The lowest BCUT2D eigenvalue weighted by Crippen LogP contribution is -2.38. The first-order chi connectivity index (χ1) is 7.76. The third-order valence-electron chi connectivity index (χ3n) is 3.18. The van der Waals surface area contributed by atoms with Gasteiger partial charge < -0.3 is 15.5 Å². The summed E-state index contributed by atoms with van der Waals surface area (Å²) >= 11 is 5.22. The number of nitrogens with zero attached hydrogens (tertiary/aromatic N) is 1. The van der Waals surface area contributed by atoms with Gasteiger partial charge in [0.15, 0.2) is 5.11 Å². The standard InChI is InChI=1S/C12H25N3S/c1-3-5-7-13-12(16)14-9-11-6-8-15(4-2)10-11/h11H,3-10H2,1-2H3,(H2,13,14,16). The highest BCUT2D eigenvalue weighted by Crippen LogP contribution is 2.14. The molecule has 16 heavy (non-hydrogen) atoms. The molecule has 0 spiro atoms. The molecule has 0 radical (unpaired) electrons. The maximum atomic E-state index is 5.22. The lowest BCUT2D eigenvalue weighted by molar-refractivity contribution is 0.342. The molecule has 1 aliphatic rings. The summed E-state index contributed by atoms with van der Waals surface area (Å²) in [5.74, 6) is 0.769. The third-order valence-corrected chi connectivity index (χ3v) is 3.47. The van der Waals surface area contributed by atoms with E-state index in [1.807, 2.05) is 0 Å². The van der Waals surface area contributed by atoms with E-state index in [2.05, 4.69) is 29.4 Å². The van der Waals surface area contributed by atoms with Crippen LogP contribution in [0.5, 0.6) is 0 Å². The molecule has 1 saturated heterocycles. The zero-order valence-electron chi connectivity index (χ0n) is 10.6. The predicted molar refractivity (Wildman–Crippen MR) is 73.7 cm³/mol. The lowest BCUT2D eigenvalue weighted by Gasteiger charge is -2.15. The topological polar surface area (TPSA) is 27.3 Å². The highest BCUT2D eigenvalue weighted by molar-refractivity contribution is 7.80. The molecule has 1 rings (SSSR count). The van der Waals surface area contributed by atoms with Crippen LogP contribution in [0.1, 0.15) is 33.1 Å². The van der Waals surface area contributed by atoms with Crippen molar-refractivity contribution in [2.75, 3.05) is 32.7 Å². The summed E-state index contributed by atoms with van der Waals surface area (Å²) in [5, 5.41) is 7.38. The van der Waals surface area contributed by atoms with Gasteiger partial charge in [-0.15, -0.1) is 0 Å². The van der Waals surface area contributed by atoms with Gasteiger partial charge in [-0.05, 0) is 44.1 Å². The molecule has 1 heterocycles. The molecule has 0 bridgehead atoms. The zero-order chi connectivity index (χ0) is 11.8. The van der Waals surface area contributed by atoms with Crippen LogP contribution in [-0.4, -0.2) is 42.7 Å². The van der Waals surface area contributed by atoms with Gasteiger partial charge in [0.05, 0.1) is 0 Å². The molecule has 1 fully saturated rings. The summed E-state index contributed by atoms with van der Waals surface area (Å²) in [7, 11) is 0. The number of hydrogen-bond acceptors (Lipinski definition) is 2. The Kier molecular flexibility index (Phi) is 6.73. The molecule has 0 aromatic rings. The molecule has 1 atom stereocenters. The fourth-order valence-electron chi connectivity index (χ4n) is 2.04. The van der Waals surface area contributed by atoms with E-state index in [9.17, 15) is 0 Å². The summed E-state index contributed by atoms with van der Waals surface area (Å²) in [6, 6.07) is 0. The van der Waals surface area contributed by atoms with Crippen molar-refractivity contribution in [1.82, 2.24) is 15.5 Å². The van der Waals surface area contributed by atoms with E-state index in [-0.39, 0.29) is 0 Å². The molecule has 0 amide bonds. The molecule has 0 aliphatic carbocycles. The van der Waals surface area contributed by atoms with Gasteiger partial charge in [0.2, 0.25) is 0 Å². The lowest BCUT2D eigenvalue weighted by atomic mass is 10.1. The third kappa shape index (κ3) is 5.12. The summed E-state index contributed by atoms with van der Waals surface area (Å²) in [6.45, 7) is 10.1. The minimum Gasteiger partial charge on any atom is -0.363 e. The van der Waals surface area contributed by atoms with Gasteiger partial charge in [-0.2, -0.15) is 0 Å². The Bertz CT molecular complexity index is 208. The van der Waals surface area contributed by atoms with Gasteiger partial charge in [-0.25, -0.2) is 0 Å². The first-order valence-corrected chi connectivity index (χ1v) is 6.91. The Morgan fingerprint density at radius 2 is 2.19 bits per heavy atom. The Balaban J connectivity index is 2.04. The highest BCUT2D eigenvalue weighted by atomic mass is 32.1. The minimum atomic E-state index is 0.769. The van der Waals surface area contributed by atoms with E-state index in [0.717, 1.165) is 24.1 Å². The molecular weight excluding hydrogens is 218 g/mol. The maximum Gasteiger partial charge on any atom is 0.166 e. The van der Waals surface area contributed by atoms with Crippen molar-refractivity contribution in [1.29, 1.82) is 0 Å². The number of nitrogens with one attached hydrogen (secondary N) is 2. The molecule has 1 aliphatic heterocycles. The summed E-state index contributed by atoms with van der Waals surface area (Å²) in [5.41, 5.74) is 0. The number of thiocarbonyl (C=S) groups is 1. The van der Waals surface area contributed by atoms with Crippen molar-refractivity contribution in [2.24, 2.45) is 5.92 Å². The van der Waals surface area contributed by atoms with E-state index in [1.54, 1.807) is 0 Å². The summed E-state index contributed by atoms with van der Waals surface area (Å²) in [4.78, 5) is 2.50. The van der Waals surface area contributed by atoms with Gasteiger partial charge in [0.1, 0.15) is 0 Å². The van der Waals surface area contributed by atoms with Gasteiger partial charge in [-0.3, -0.25) is 0 Å². The molecular formula is C12H25N3S. The monoisotopic (exact) mass is 243 g/mol. The molecule has 3 nitrogen and oxygen atoms in total. The Morgan fingerprint density at radius 1 is 1.38 bits per heavy atom. The first kappa shape index (κ1) is 13.7. The largest absolute Gasteiger partial charge is 0.363 e. The van der Waals surface area contributed by atoms with E-state index in [1.165, 1.54) is 38.9 Å². The quantitative estimate of drug-likeness (QED) is 0.547. The molecule has 2 N–H and O–H groups in total. The van der Waals surface area contributed by atoms with E-state index < -0.39 is 0 Å². The van der Waals surface area contributed by atoms with Crippen LogP contribution >= 0.6 is 12.2 Å². The maximum absolute atomic E-state index is 5.22. The second-order valence-electron chi connectivity index (χ2n) is 4.54. The molecule has 0 aromatic carbocycles. The second kappa shape index (κ2) is 7.85. The number of rotatable bonds is 6. The molecule has 94 valence electrons. The van der Waals surface area contributed by atoms with Crippen molar-refractivity contribution in [3.05, 3.63) is 0 Å². The van der Waals surface area contributed by atoms with Crippen LogP contribution < -0.4 is 10.6 Å². The van der Waals surface area contributed by atoms with Crippen LogP contribution in [0.4, 0.5) is 0 Å². The fraction of sp³-hybridized carbons (Fsp3) is 0.917. The average molecular weight is 243 g/mol. The van der Waals surface area contributed by atoms with Crippen molar-refractivity contribution in [3.63, 3.8) is 0 Å². The number of likely N-dealkylation sites (tertiary alicyclic amines) is 1. The van der Waals surface area contributed by atoms with Crippen LogP contribution in [0.15, 0.2) is 0 Å².